The van der Waals surface area contributed by atoms with E-state index in [4.69, 9.17) is 18.8 Å². The number of halogens is 7. The zero-order valence-electron chi connectivity index (χ0n) is 21.4. The third kappa shape index (κ3) is 6.29. The Morgan fingerprint density at radius 1 is 1.05 bits per heavy atom. The van der Waals surface area contributed by atoms with Crippen LogP contribution in [-0.2, 0) is 35.7 Å². The number of benzene rings is 2. The Bertz CT molecular complexity index is 1260. The summed E-state index contributed by atoms with van der Waals surface area (Å²) in [6.07, 6.45) is -13.3. The molecular weight excluding hydrogens is 592 g/mol. The fourth-order valence-electron chi connectivity index (χ4n) is 4.27. The first-order chi connectivity index (χ1) is 19.2. The molecule has 226 valence electrons. The van der Waals surface area contributed by atoms with Crippen molar-refractivity contribution in [3.8, 4) is 0 Å². The SMILES string of the molecule is CCOOP(=O)(OC)N1C(=O)N(C2CNCCO2)C(c2ccc(F)cc2)N1c1cc(C(F)(F)F)cc(C(F)(F)F)c1. The zero-order valence-corrected chi connectivity index (χ0v) is 22.3. The second kappa shape index (κ2) is 11.7. The molecule has 1 N–H and O–H groups in total. The standard InChI is InChI=1S/C23H24F7N4O6P/c1-3-39-40-41(36,37-2)34-21(35)32(19-13-31-8-9-38-19)20(14-4-6-17(24)7-5-14)33(34)18-11-15(22(25,26)27)10-16(12-18)23(28,29)30/h4-7,10-12,19-20,31H,3,8-9,13H2,1-2H3. The van der Waals surface area contributed by atoms with Gasteiger partial charge in [-0.1, -0.05) is 12.1 Å². The van der Waals surface area contributed by atoms with Crippen LogP contribution in [0.5, 0.6) is 0 Å². The van der Waals surface area contributed by atoms with Crippen LogP contribution in [0.1, 0.15) is 29.8 Å². The van der Waals surface area contributed by atoms with E-state index in [-0.39, 0.29) is 36.2 Å². The molecule has 2 aromatic rings. The minimum Gasteiger partial charge on any atom is -0.355 e. The molecule has 2 saturated heterocycles. The average Bonchev–Trinajstić information content (AvgIpc) is 3.24. The number of carbonyl (C=O) groups excluding carboxylic acids is 1. The first-order valence-electron chi connectivity index (χ1n) is 12.0. The molecule has 2 aromatic carbocycles. The molecule has 2 amide bonds. The van der Waals surface area contributed by atoms with E-state index in [1.165, 1.54) is 6.92 Å². The number of anilines is 1. The van der Waals surface area contributed by atoms with Crippen molar-refractivity contribution in [1.29, 1.82) is 0 Å². The van der Waals surface area contributed by atoms with Crippen molar-refractivity contribution in [1.82, 2.24) is 15.0 Å². The number of nitrogens with one attached hydrogen (secondary N) is 1. The number of amides is 2. The van der Waals surface area contributed by atoms with Crippen molar-refractivity contribution in [3.05, 3.63) is 65.0 Å². The third-order valence-electron chi connectivity index (χ3n) is 6.04. The summed E-state index contributed by atoms with van der Waals surface area (Å²) >= 11 is 0. The van der Waals surface area contributed by atoms with Crippen LogP contribution in [0.25, 0.3) is 0 Å². The highest BCUT2D eigenvalue weighted by molar-refractivity contribution is 7.52. The van der Waals surface area contributed by atoms with Gasteiger partial charge in [-0.2, -0.15) is 26.3 Å². The summed E-state index contributed by atoms with van der Waals surface area (Å²) in [5.74, 6) is -0.718. The van der Waals surface area contributed by atoms with Gasteiger partial charge in [0.25, 0.3) is 0 Å². The highest BCUT2D eigenvalue weighted by Crippen LogP contribution is 2.59. The van der Waals surface area contributed by atoms with Gasteiger partial charge in [-0.25, -0.2) is 23.6 Å². The monoisotopic (exact) mass is 616 g/mol. The number of nitrogens with zero attached hydrogens (tertiary/aromatic N) is 3. The molecule has 3 unspecified atom stereocenters. The zero-order chi connectivity index (χ0) is 30.2. The summed E-state index contributed by atoms with van der Waals surface area (Å²) in [4.78, 5) is 19.6. The van der Waals surface area contributed by atoms with Crippen LogP contribution in [0.2, 0.25) is 0 Å². The molecule has 0 bridgehead atoms. The van der Waals surface area contributed by atoms with E-state index in [0.29, 0.717) is 23.7 Å². The molecule has 2 aliphatic rings. The van der Waals surface area contributed by atoms with Gasteiger partial charge in [0.1, 0.15) is 12.0 Å². The highest BCUT2D eigenvalue weighted by Gasteiger charge is 2.58. The van der Waals surface area contributed by atoms with Crippen molar-refractivity contribution < 1.29 is 58.9 Å². The van der Waals surface area contributed by atoms with E-state index in [0.717, 1.165) is 36.3 Å². The number of alkyl halides is 6. The molecule has 0 radical (unpaired) electrons. The lowest BCUT2D eigenvalue weighted by atomic mass is 10.1. The molecule has 2 aliphatic heterocycles. The van der Waals surface area contributed by atoms with Gasteiger partial charge in [0.15, 0.2) is 6.17 Å². The van der Waals surface area contributed by atoms with Gasteiger partial charge in [-0.3, -0.25) is 9.42 Å². The van der Waals surface area contributed by atoms with Crippen molar-refractivity contribution >= 4 is 19.5 Å². The molecule has 0 saturated carbocycles. The maximum absolute atomic E-state index is 14.0. The van der Waals surface area contributed by atoms with Gasteiger partial charge in [-0.05, 0) is 42.8 Å². The number of ether oxygens (including phenoxy) is 1. The second-order valence-electron chi connectivity index (χ2n) is 8.67. The normalized spacial score (nSPS) is 21.9. The van der Waals surface area contributed by atoms with E-state index in [9.17, 15) is 40.1 Å². The van der Waals surface area contributed by atoms with Gasteiger partial charge in [0.2, 0.25) is 0 Å². The summed E-state index contributed by atoms with van der Waals surface area (Å²) in [5.41, 5.74) is -4.26. The molecule has 41 heavy (non-hydrogen) atoms. The van der Waals surface area contributed by atoms with Crippen LogP contribution < -0.4 is 10.3 Å². The van der Waals surface area contributed by atoms with Crippen LogP contribution in [0.15, 0.2) is 42.5 Å². The maximum atomic E-state index is 14.0. The minimum absolute atomic E-state index is 0.0152. The van der Waals surface area contributed by atoms with E-state index in [1.54, 1.807) is 0 Å². The number of carbonyl (C=O) groups is 1. The Hall–Kier alpha value is -2.95. The van der Waals surface area contributed by atoms with Gasteiger partial charge in [-0.15, -0.1) is 9.45 Å². The first kappa shape index (κ1) is 31.0. The lowest BCUT2D eigenvalue weighted by Gasteiger charge is -2.37. The van der Waals surface area contributed by atoms with Crippen molar-refractivity contribution in [2.24, 2.45) is 0 Å². The van der Waals surface area contributed by atoms with Crippen LogP contribution in [0.3, 0.4) is 0 Å². The third-order valence-corrected chi connectivity index (χ3v) is 7.63. The molecule has 4 rings (SSSR count). The Labute approximate surface area is 229 Å². The number of rotatable bonds is 8. The summed E-state index contributed by atoms with van der Waals surface area (Å²) in [6, 6.07) is 3.61. The quantitative estimate of drug-likeness (QED) is 0.175. The van der Waals surface area contributed by atoms with Crippen LogP contribution in [0, 0.1) is 5.82 Å². The predicted molar refractivity (Wildman–Crippen MR) is 127 cm³/mol. The first-order valence-corrected chi connectivity index (χ1v) is 13.5. The number of hydrogen-bond acceptors (Lipinski definition) is 8. The molecule has 0 aromatic heterocycles. The second-order valence-corrected chi connectivity index (χ2v) is 10.5. The van der Waals surface area contributed by atoms with Gasteiger partial charge < -0.3 is 10.1 Å². The van der Waals surface area contributed by atoms with Gasteiger partial charge in [0, 0.05) is 20.2 Å². The van der Waals surface area contributed by atoms with Gasteiger partial charge >= 0.3 is 26.1 Å². The Kier molecular flexibility index (Phi) is 8.87. The summed E-state index contributed by atoms with van der Waals surface area (Å²) in [7, 11) is -4.14. The average molecular weight is 616 g/mol. The highest BCUT2D eigenvalue weighted by atomic mass is 31.2. The van der Waals surface area contributed by atoms with Crippen molar-refractivity contribution in [2.75, 3.05) is 38.4 Å². The topological polar surface area (TPSA) is 92.8 Å². The van der Waals surface area contributed by atoms with Crippen molar-refractivity contribution in [3.63, 3.8) is 0 Å². The van der Waals surface area contributed by atoms with Crippen LogP contribution in [-0.4, -0.2) is 55.4 Å². The molecule has 10 nitrogen and oxygen atoms in total. The van der Waals surface area contributed by atoms with E-state index < -0.39 is 61.2 Å². The van der Waals surface area contributed by atoms with Gasteiger partial charge in [0.05, 0.1) is 30.0 Å². The molecule has 18 heteroatoms. The molecule has 2 heterocycles. The minimum atomic E-state index is -5.25. The lowest BCUT2D eigenvalue weighted by Crippen LogP contribution is -2.51. The molecule has 2 fully saturated rings. The Morgan fingerprint density at radius 2 is 1.66 bits per heavy atom. The number of morpholine rings is 1. The Morgan fingerprint density at radius 3 is 2.15 bits per heavy atom. The molecular formula is C23H24F7N4O6P. The van der Waals surface area contributed by atoms with E-state index in [2.05, 4.69) is 5.32 Å². The van der Waals surface area contributed by atoms with Crippen molar-refractivity contribution in [2.45, 2.75) is 31.7 Å². The largest absolute Gasteiger partial charge is 0.484 e. The smallest absolute Gasteiger partial charge is 0.355 e. The molecule has 3 atom stereocenters. The van der Waals surface area contributed by atoms with E-state index in [1.807, 2.05) is 0 Å². The lowest BCUT2D eigenvalue weighted by molar-refractivity contribution is -0.214. The number of hydrogen-bond donors (Lipinski definition) is 1. The Balaban J connectivity index is 2.03. The predicted octanol–water partition coefficient (Wildman–Crippen LogP) is 5.69. The number of hydrazine groups is 1. The van der Waals surface area contributed by atoms with Crippen LogP contribution in [0.4, 0.5) is 41.2 Å². The fourth-order valence-corrected chi connectivity index (χ4v) is 5.54. The molecule has 0 aliphatic carbocycles. The number of urea groups is 1. The maximum Gasteiger partial charge on any atom is 0.484 e. The molecule has 0 spiro atoms. The summed E-state index contributed by atoms with van der Waals surface area (Å²) in [5, 5.41) is 3.56. The summed E-state index contributed by atoms with van der Waals surface area (Å²) in [6.45, 7) is 1.62. The summed E-state index contributed by atoms with van der Waals surface area (Å²) < 4.78 is 126. The fraction of sp³-hybridized carbons (Fsp3) is 0.435. The van der Waals surface area contributed by atoms with Crippen LogP contribution >= 0.6 is 7.75 Å². The van der Waals surface area contributed by atoms with E-state index >= 15 is 0 Å².